The average molecular weight is 357 g/mol. The van der Waals surface area contributed by atoms with E-state index < -0.39 is 0 Å². The summed E-state index contributed by atoms with van der Waals surface area (Å²) in [6, 6.07) is 25.3. The normalized spacial score (nSPS) is 10.7. The van der Waals surface area contributed by atoms with E-state index in [0.717, 1.165) is 22.6 Å². The van der Waals surface area contributed by atoms with Gasteiger partial charge in [0.1, 0.15) is 18.2 Å². The van der Waals surface area contributed by atoms with Gasteiger partial charge in [0.05, 0.1) is 0 Å². The number of hydrogen-bond donors (Lipinski definition) is 0. The van der Waals surface area contributed by atoms with Crippen molar-refractivity contribution < 1.29 is 9.13 Å². The van der Waals surface area contributed by atoms with Gasteiger partial charge in [-0.2, -0.15) is 0 Å². The molecule has 1 heterocycles. The molecule has 4 aromatic rings. The van der Waals surface area contributed by atoms with Crippen molar-refractivity contribution >= 4 is 0 Å². The summed E-state index contributed by atoms with van der Waals surface area (Å²) >= 11 is 0. The summed E-state index contributed by atoms with van der Waals surface area (Å²) in [5, 5.41) is 0. The van der Waals surface area contributed by atoms with Gasteiger partial charge >= 0.3 is 0 Å². The molecule has 0 fully saturated rings. The van der Waals surface area contributed by atoms with Crippen LogP contribution in [-0.4, -0.2) is 4.57 Å². The smallest absolute Gasteiger partial charge is 0.133 e. The Morgan fingerprint density at radius 1 is 0.815 bits per heavy atom. The van der Waals surface area contributed by atoms with Gasteiger partial charge in [-0.05, 0) is 60.0 Å². The van der Waals surface area contributed by atoms with Crippen LogP contribution in [0.1, 0.15) is 11.1 Å². The molecule has 0 aliphatic rings. The number of aromatic nitrogens is 1. The first-order valence-corrected chi connectivity index (χ1v) is 8.92. The molecule has 0 aliphatic carbocycles. The molecule has 0 unspecified atom stereocenters. The van der Waals surface area contributed by atoms with E-state index in [1.807, 2.05) is 96.7 Å². The molecule has 0 atom stereocenters. The van der Waals surface area contributed by atoms with Crippen molar-refractivity contribution in [2.24, 2.45) is 0 Å². The second-order valence-corrected chi connectivity index (χ2v) is 6.45. The van der Waals surface area contributed by atoms with E-state index in [0.29, 0.717) is 11.1 Å². The maximum absolute atomic E-state index is 14.8. The van der Waals surface area contributed by atoms with Crippen LogP contribution in [0.3, 0.4) is 0 Å². The highest BCUT2D eigenvalue weighted by Crippen LogP contribution is 2.27. The average Bonchev–Trinajstić information content (AvgIpc) is 3.25. The summed E-state index contributed by atoms with van der Waals surface area (Å²) in [5.74, 6) is 0.510. The van der Waals surface area contributed by atoms with Crippen LogP contribution < -0.4 is 4.74 Å². The lowest BCUT2D eigenvalue weighted by molar-refractivity contribution is 0.299. The molecule has 0 saturated heterocycles. The Morgan fingerprint density at radius 3 is 2.22 bits per heavy atom. The van der Waals surface area contributed by atoms with E-state index in [2.05, 4.69) is 0 Å². The summed E-state index contributed by atoms with van der Waals surface area (Å²) in [4.78, 5) is 0. The molecule has 1 aromatic heterocycles. The Hall–Kier alpha value is -3.33. The summed E-state index contributed by atoms with van der Waals surface area (Å²) < 4.78 is 22.6. The van der Waals surface area contributed by atoms with Crippen molar-refractivity contribution in [3.8, 4) is 22.6 Å². The van der Waals surface area contributed by atoms with E-state index in [9.17, 15) is 4.39 Å². The molecule has 2 nitrogen and oxygen atoms in total. The molecule has 3 heteroatoms. The van der Waals surface area contributed by atoms with Crippen LogP contribution in [0.25, 0.3) is 16.8 Å². The fourth-order valence-corrected chi connectivity index (χ4v) is 3.17. The first-order chi connectivity index (χ1) is 13.2. The molecule has 134 valence electrons. The Morgan fingerprint density at radius 2 is 1.52 bits per heavy atom. The molecule has 27 heavy (non-hydrogen) atoms. The third-order valence-electron chi connectivity index (χ3n) is 4.68. The fraction of sp³-hybridized carbons (Fsp3) is 0.0833. The number of benzene rings is 3. The van der Waals surface area contributed by atoms with E-state index in [4.69, 9.17) is 4.74 Å². The van der Waals surface area contributed by atoms with Crippen molar-refractivity contribution in [3.63, 3.8) is 0 Å². The van der Waals surface area contributed by atoms with E-state index in [-0.39, 0.29) is 12.4 Å². The largest absolute Gasteiger partial charge is 0.489 e. The van der Waals surface area contributed by atoms with E-state index >= 15 is 0 Å². The lowest BCUT2D eigenvalue weighted by atomic mass is 9.98. The SMILES string of the molecule is Cc1c(-c2ccccc2)ccc(COc2ccc(-n3cccc3)cc2)c1F. The molecule has 0 bridgehead atoms. The highest BCUT2D eigenvalue weighted by atomic mass is 19.1. The van der Waals surface area contributed by atoms with Gasteiger partial charge in [0.2, 0.25) is 0 Å². The molecule has 3 aromatic carbocycles. The Labute approximate surface area is 158 Å². The second-order valence-electron chi connectivity index (χ2n) is 6.45. The number of halogens is 1. The summed E-state index contributed by atoms with van der Waals surface area (Å²) in [6.07, 6.45) is 3.98. The molecule has 0 N–H and O–H groups in total. The molecule has 0 amide bonds. The predicted molar refractivity (Wildman–Crippen MR) is 107 cm³/mol. The van der Waals surface area contributed by atoms with Crippen LogP contribution in [0.5, 0.6) is 5.75 Å². The molecule has 4 rings (SSSR count). The fourth-order valence-electron chi connectivity index (χ4n) is 3.17. The van der Waals surface area contributed by atoms with Crippen molar-refractivity contribution in [3.05, 3.63) is 108 Å². The van der Waals surface area contributed by atoms with Gasteiger partial charge in [-0.3, -0.25) is 0 Å². The first kappa shape index (κ1) is 17.1. The Balaban J connectivity index is 1.49. The highest BCUT2D eigenvalue weighted by Gasteiger charge is 2.11. The van der Waals surface area contributed by atoms with E-state index in [1.54, 1.807) is 6.07 Å². The van der Waals surface area contributed by atoms with Gasteiger partial charge in [-0.15, -0.1) is 0 Å². The number of hydrogen-bond acceptors (Lipinski definition) is 1. The first-order valence-electron chi connectivity index (χ1n) is 8.92. The molecule has 0 spiro atoms. The van der Waals surface area contributed by atoms with Crippen LogP contribution in [0.2, 0.25) is 0 Å². The Bertz CT molecular complexity index is 1020. The van der Waals surface area contributed by atoms with Crippen molar-refractivity contribution in [2.75, 3.05) is 0 Å². The van der Waals surface area contributed by atoms with Crippen molar-refractivity contribution in [1.82, 2.24) is 4.57 Å². The minimum absolute atomic E-state index is 0.199. The van der Waals surface area contributed by atoms with Gasteiger partial charge in [-0.25, -0.2) is 4.39 Å². The summed E-state index contributed by atoms with van der Waals surface area (Å²) in [7, 11) is 0. The topological polar surface area (TPSA) is 14.2 Å². The molecule has 0 radical (unpaired) electrons. The lowest BCUT2D eigenvalue weighted by Gasteiger charge is -2.13. The van der Waals surface area contributed by atoms with Crippen molar-refractivity contribution in [1.29, 1.82) is 0 Å². The van der Waals surface area contributed by atoms with Gasteiger partial charge in [0.15, 0.2) is 0 Å². The molecule has 0 saturated carbocycles. The van der Waals surface area contributed by atoms with Gasteiger partial charge in [-0.1, -0.05) is 42.5 Å². The van der Waals surface area contributed by atoms with Gasteiger partial charge in [0, 0.05) is 23.6 Å². The molecule has 0 aliphatic heterocycles. The number of rotatable bonds is 5. The van der Waals surface area contributed by atoms with Gasteiger partial charge in [0.25, 0.3) is 0 Å². The number of nitrogens with zero attached hydrogens (tertiary/aromatic N) is 1. The summed E-state index contributed by atoms with van der Waals surface area (Å²) in [5.41, 5.74) is 4.18. The zero-order valence-electron chi connectivity index (χ0n) is 15.1. The van der Waals surface area contributed by atoms with E-state index in [1.165, 1.54) is 0 Å². The standard InChI is InChI=1S/C24H20FNO/c1-18-23(19-7-3-2-4-8-19)14-9-20(24(18)25)17-27-22-12-10-21(11-13-22)26-15-5-6-16-26/h2-16H,17H2,1H3. The van der Waals surface area contributed by atoms with Gasteiger partial charge < -0.3 is 9.30 Å². The van der Waals surface area contributed by atoms with Crippen LogP contribution in [-0.2, 0) is 6.61 Å². The third kappa shape index (κ3) is 3.63. The third-order valence-corrected chi connectivity index (χ3v) is 4.68. The minimum Gasteiger partial charge on any atom is -0.489 e. The van der Waals surface area contributed by atoms with Crippen molar-refractivity contribution in [2.45, 2.75) is 13.5 Å². The lowest BCUT2D eigenvalue weighted by Crippen LogP contribution is -2.01. The molecular weight excluding hydrogens is 337 g/mol. The van der Waals surface area contributed by atoms with Crippen LogP contribution in [0.15, 0.2) is 91.3 Å². The monoisotopic (exact) mass is 357 g/mol. The van der Waals surface area contributed by atoms with Crippen LogP contribution >= 0.6 is 0 Å². The number of ether oxygens (including phenoxy) is 1. The predicted octanol–water partition coefficient (Wildman–Crippen LogP) is 6.17. The maximum atomic E-state index is 14.8. The second kappa shape index (κ2) is 7.50. The quantitative estimate of drug-likeness (QED) is 0.416. The van der Waals surface area contributed by atoms with Crippen LogP contribution in [0.4, 0.5) is 4.39 Å². The minimum atomic E-state index is -0.208. The summed E-state index contributed by atoms with van der Waals surface area (Å²) in [6.45, 7) is 2.01. The van der Waals surface area contributed by atoms with Crippen LogP contribution in [0, 0.1) is 12.7 Å². The zero-order chi connectivity index (χ0) is 18.6. The maximum Gasteiger partial charge on any atom is 0.133 e. The Kier molecular flexibility index (Phi) is 4.75. The molecular formula is C24H20FNO. The zero-order valence-corrected chi connectivity index (χ0v) is 15.1. The highest BCUT2D eigenvalue weighted by molar-refractivity contribution is 5.67.